The van der Waals surface area contributed by atoms with Crippen molar-refractivity contribution in [3.63, 3.8) is 0 Å². The van der Waals surface area contributed by atoms with Crippen LogP contribution < -0.4 is 5.32 Å². The number of benzene rings is 1. The molecule has 1 aromatic rings. The zero-order valence-corrected chi connectivity index (χ0v) is 13.1. The molecular formula is C17H26N2O2. The molecule has 0 aliphatic carbocycles. The lowest BCUT2D eigenvalue weighted by atomic mass is 9.97. The third kappa shape index (κ3) is 5.14. The maximum Gasteiger partial charge on any atom is 0.221 e. The fourth-order valence-electron chi connectivity index (χ4n) is 2.81. The van der Waals surface area contributed by atoms with Crippen LogP contribution in [0.15, 0.2) is 24.3 Å². The predicted octanol–water partition coefficient (Wildman–Crippen LogP) is 2.89. The van der Waals surface area contributed by atoms with Crippen molar-refractivity contribution in [2.45, 2.75) is 33.2 Å². The summed E-state index contributed by atoms with van der Waals surface area (Å²) in [5.74, 6) is 0.685. The van der Waals surface area contributed by atoms with E-state index in [9.17, 15) is 4.79 Å². The quantitative estimate of drug-likeness (QED) is 0.876. The molecule has 4 heteroatoms. The molecule has 0 spiro atoms. The second-order valence-electron chi connectivity index (χ2n) is 5.72. The molecule has 1 saturated heterocycles. The zero-order valence-electron chi connectivity index (χ0n) is 13.1. The Morgan fingerprint density at radius 1 is 1.33 bits per heavy atom. The Kier molecular flexibility index (Phi) is 6.21. The van der Waals surface area contributed by atoms with Crippen molar-refractivity contribution in [2.75, 3.05) is 31.6 Å². The fraction of sp³-hybridized carbons (Fsp3) is 0.588. The zero-order chi connectivity index (χ0) is 15.1. The number of rotatable bonds is 6. The second-order valence-corrected chi connectivity index (χ2v) is 5.72. The van der Waals surface area contributed by atoms with E-state index < -0.39 is 0 Å². The van der Waals surface area contributed by atoms with Crippen molar-refractivity contribution in [3.05, 3.63) is 29.8 Å². The summed E-state index contributed by atoms with van der Waals surface area (Å²) in [5.41, 5.74) is 2.12. The van der Waals surface area contributed by atoms with Crippen molar-refractivity contribution < 1.29 is 9.53 Å². The van der Waals surface area contributed by atoms with Crippen LogP contribution in [0.25, 0.3) is 0 Å². The molecule has 0 radical (unpaired) electrons. The lowest BCUT2D eigenvalue weighted by Crippen LogP contribution is -2.34. The maximum absolute atomic E-state index is 11.3. The van der Waals surface area contributed by atoms with E-state index in [0.717, 1.165) is 38.5 Å². The lowest BCUT2D eigenvalue weighted by molar-refractivity contribution is -0.114. The van der Waals surface area contributed by atoms with Crippen LogP contribution >= 0.6 is 0 Å². The number of carbonyl (C=O) groups is 1. The van der Waals surface area contributed by atoms with E-state index in [1.165, 1.54) is 18.4 Å². The van der Waals surface area contributed by atoms with Gasteiger partial charge in [0.25, 0.3) is 0 Å². The van der Waals surface area contributed by atoms with E-state index in [-0.39, 0.29) is 5.91 Å². The number of amides is 1. The molecule has 1 N–H and O–H groups in total. The van der Waals surface area contributed by atoms with Crippen LogP contribution in [0.1, 0.15) is 32.3 Å². The summed E-state index contributed by atoms with van der Waals surface area (Å²) in [6.07, 6.45) is 2.39. The standard InChI is InChI=1S/C17H26N2O2/c1-3-21-13-15-8-10-19(11-9-15)12-16-6-4-5-7-17(16)18-14(2)20/h4-7,15H,3,8-13H2,1-2H3,(H,18,20). The summed E-state index contributed by atoms with van der Waals surface area (Å²) in [6.45, 7) is 8.41. The molecule has 116 valence electrons. The van der Waals surface area contributed by atoms with Gasteiger partial charge in [-0.1, -0.05) is 18.2 Å². The van der Waals surface area contributed by atoms with Crippen LogP contribution in [0, 0.1) is 5.92 Å². The average molecular weight is 290 g/mol. The molecule has 0 aromatic heterocycles. The molecule has 2 rings (SSSR count). The van der Waals surface area contributed by atoms with E-state index in [1.54, 1.807) is 6.92 Å². The van der Waals surface area contributed by atoms with Crippen LogP contribution in [0.2, 0.25) is 0 Å². The first-order valence-electron chi connectivity index (χ1n) is 7.84. The van der Waals surface area contributed by atoms with Crippen molar-refractivity contribution in [1.82, 2.24) is 4.90 Å². The molecule has 0 saturated carbocycles. The minimum Gasteiger partial charge on any atom is -0.381 e. The van der Waals surface area contributed by atoms with Gasteiger partial charge in [-0.05, 0) is 50.4 Å². The number of likely N-dealkylation sites (tertiary alicyclic amines) is 1. The van der Waals surface area contributed by atoms with E-state index in [4.69, 9.17) is 4.74 Å². The Hall–Kier alpha value is -1.39. The van der Waals surface area contributed by atoms with Gasteiger partial charge in [0.15, 0.2) is 0 Å². The summed E-state index contributed by atoms with van der Waals surface area (Å²) < 4.78 is 5.52. The molecule has 21 heavy (non-hydrogen) atoms. The van der Waals surface area contributed by atoms with E-state index in [2.05, 4.69) is 16.3 Å². The summed E-state index contributed by atoms with van der Waals surface area (Å²) in [7, 11) is 0. The third-order valence-electron chi connectivity index (χ3n) is 3.99. The number of hydrogen-bond donors (Lipinski definition) is 1. The maximum atomic E-state index is 11.3. The first-order chi connectivity index (χ1) is 10.2. The Labute approximate surface area is 127 Å². The Morgan fingerprint density at radius 3 is 2.71 bits per heavy atom. The van der Waals surface area contributed by atoms with Gasteiger partial charge in [-0.25, -0.2) is 0 Å². The average Bonchev–Trinajstić information content (AvgIpc) is 2.48. The van der Waals surface area contributed by atoms with Gasteiger partial charge in [0.05, 0.1) is 0 Å². The molecule has 1 heterocycles. The fourth-order valence-corrected chi connectivity index (χ4v) is 2.81. The normalized spacial score (nSPS) is 16.9. The van der Waals surface area contributed by atoms with Crippen LogP contribution in [0.4, 0.5) is 5.69 Å². The van der Waals surface area contributed by atoms with E-state index >= 15 is 0 Å². The van der Waals surface area contributed by atoms with Crippen molar-refractivity contribution in [3.8, 4) is 0 Å². The molecule has 1 aliphatic heterocycles. The second kappa shape index (κ2) is 8.15. The summed E-state index contributed by atoms with van der Waals surface area (Å²) in [6, 6.07) is 8.06. The van der Waals surface area contributed by atoms with E-state index in [0.29, 0.717) is 5.92 Å². The molecule has 1 aliphatic rings. The number of ether oxygens (including phenoxy) is 1. The number of nitrogens with one attached hydrogen (secondary N) is 1. The summed E-state index contributed by atoms with van der Waals surface area (Å²) >= 11 is 0. The number of anilines is 1. The van der Waals surface area contributed by atoms with Crippen LogP contribution in [0.5, 0.6) is 0 Å². The minimum atomic E-state index is -0.0159. The van der Waals surface area contributed by atoms with Crippen molar-refractivity contribution in [2.24, 2.45) is 5.92 Å². The van der Waals surface area contributed by atoms with Gasteiger partial charge in [0.2, 0.25) is 5.91 Å². The highest BCUT2D eigenvalue weighted by atomic mass is 16.5. The Bertz CT molecular complexity index is 454. The number of piperidine rings is 1. The summed E-state index contributed by atoms with van der Waals surface area (Å²) in [5, 5.41) is 2.91. The summed E-state index contributed by atoms with van der Waals surface area (Å²) in [4.78, 5) is 13.7. The first-order valence-corrected chi connectivity index (χ1v) is 7.84. The smallest absolute Gasteiger partial charge is 0.221 e. The highest BCUT2D eigenvalue weighted by molar-refractivity contribution is 5.89. The van der Waals surface area contributed by atoms with Gasteiger partial charge in [0.1, 0.15) is 0 Å². The highest BCUT2D eigenvalue weighted by Gasteiger charge is 2.20. The van der Waals surface area contributed by atoms with Gasteiger partial charge in [-0.2, -0.15) is 0 Å². The van der Waals surface area contributed by atoms with Crippen LogP contribution in [0.3, 0.4) is 0 Å². The Balaban J connectivity index is 1.87. The molecule has 0 unspecified atom stereocenters. The predicted molar refractivity (Wildman–Crippen MR) is 85.2 cm³/mol. The van der Waals surface area contributed by atoms with Crippen molar-refractivity contribution in [1.29, 1.82) is 0 Å². The SMILES string of the molecule is CCOCC1CCN(Cc2ccccc2NC(C)=O)CC1. The van der Waals surface area contributed by atoms with Crippen LogP contribution in [-0.2, 0) is 16.1 Å². The molecule has 4 nitrogen and oxygen atoms in total. The molecule has 1 aromatic carbocycles. The number of carbonyl (C=O) groups excluding carboxylic acids is 1. The number of nitrogens with zero attached hydrogens (tertiary/aromatic N) is 1. The molecule has 0 bridgehead atoms. The van der Waals surface area contributed by atoms with Gasteiger partial charge >= 0.3 is 0 Å². The Morgan fingerprint density at radius 2 is 2.05 bits per heavy atom. The lowest BCUT2D eigenvalue weighted by Gasteiger charge is -2.32. The van der Waals surface area contributed by atoms with Gasteiger partial charge < -0.3 is 10.1 Å². The molecule has 0 atom stereocenters. The molecule has 1 amide bonds. The number of para-hydroxylation sites is 1. The minimum absolute atomic E-state index is 0.0159. The van der Waals surface area contributed by atoms with Gasteiger partial charge in [-0.15, -0.1) is 0 Å². The number of hydrogen-bond acceptors (Lipinski definition) is 3. The highest BCUT2D eigenvalue weighted by Crippen LogP contribution is 2.22. The van der Waals surface area contributed by atoms with Gasteiger partial charge in [-0.3, -0.25) is 9.69 Å². The topological polar surface area (TPSA) is 41.6 Å². The van der Waals surface area contributed by atoms with E-state index in [1.807, 2.05) is 25.1 Å². The van der Waals surface area contributed by atoms with Gasteiger partial charge in [0, 0.05) is 32.4 Å². The third-order valence-corrected chi connectivity index (χ3v) is 3.99. The van der Waals surface area contributed by atoms with Crippen LogP contribution in [-0.4, -0.2) is 37.1 Å². The molecular weight excluding hydrogens is 264 g/mol. The largest absolute Gasteiger partial charge is 0.381 e. The first kappa shape index (κ1) is 16.0. The monoisotopic (exact) mass is 290 g/mol. The van der Waals surface area contributed by atoms with Crippen molar-refractivity contribution >= 4 is 11.6 Å². The molecule has 1 fully saturated rings.